The minimum atomic E-state index is 0.0266. The van der Waals surface area contributed by atoms with Gasteiger partial charge in [-0.25, -0.2) is 0 Å². The summed E-state index contributed by atoms with van der Waals surface area (Å²) in [5.74, 6) is 1.20. The lowest BCUT2D eigenvalue weighted by molar-refractivity contribution is 0.311. The third-order valence-electron chi connectivity index (χ3n) is 3.53. The van der Waals surface area contributed by atoms with Crippen LogP contribution in [0.5, 0.6) is 0 Å². The van der Waals surface area contributed by atoms with Crippen LogP contribution < -0.4 is 10.6 Å². The van der Waals surface area contributed by atoms with Crippen molar-refractivity contribution in [3.05, 3.63) is 41.6 Å². The Morgan fingerprint density at radius 3 is 2.87 bits per heavy atom. The van der Waals surface area contributed by atoms with Gasteiger partial charge in [-0.15, -0.1) is 0 Å². The van der Waals surface area contributed by atoms with E-state index in [0.29, 0.717) is 19.0 Å². The number of anilines is 2. The highest BCUT2D eigenvalue weighted by atomic mass is 16.3. The molecule has 0 aliphatic carbocycles. The number of aryl methyl sites for hydroxylation is 2. The lowest BCUT2D eigenvalue weighted by atomic mass is 10.1. The zero-order valence-corrected chi connectivity index (χ0v) is 13.2. The van der Waals surface area contributed by atoms with Gasteiger partial charge in [-0.1, -0.05) is 29.8 Å². The first-order valence-electron chi connectivity index (χ1n) is 7.51. The number of nitrogens with one attached hydrogen (secondary N) is 2. The van der Waals surface area contributed by atoms with Crippen molar-refractivity contribution in [3.63, 3.8) is 0 Å². The van der Waals surface area contributed by atoms with Gasteiger partial charge < -0.3 is 15.7 Å². The van der Waals surface area contributed by atoms with Gasteiger partial charge >= 0.3 is 0 Å². The van der Waals surface area contributed by atoms with E-state index in [9.17, 15) is 0 Å². The quantitative estimate of drug-likeness (QED) is 0.642. The summed E-state index contributed by atoms with van der Waals surface area (Å²) in [5, 5.41) is 20.4. The molecule has 0 fully saturated rings. The summed E-state index contributed by atoms with van der Waals surface area (Å²) >= 11 is 0. The fourth-order valence-electron chi connectivity index (χ4n) is 2.41. The lowest BCUT2D eigenvalue weighted by Gasteiger charge is -2.10. The Bertz CT molecular complexity index is 813. The molecule has 0 amide bonds. The number of fused-ring (bicyclic) bond motifs is 1. The van der Waals surface area contributed by atoms with Crippen molar-refractivity contribution in [3.8, 4) is 0 Å². The molecule has 3 rings (SSSR count). The highest BCUT2D eigenvalue weighted by Gasteiger charge is 2.11. The van der Waals surface area contributed by atoms with Crippen LogP contribution in [0.1, 0.15) is 11.1 Å². The van der Waals surface area contributed by atoms with Crippen LogP contribution in [0.3, 0.4) is 0 Å². The molecule has 0 aliphatic rings. The summed E-state index contributed by atoms with van der Waals surface area (Å²) in [6, 6.07) is 8.33. The van der Waals surface area contributed by atoms with Gasteiger partial charge in [0.1, 0.15) is 5.82 Å². The lowest BCUT2D eigenvalue weighted by Crippen LogP contribution is -2.11. The first-order chi connectivity index (χ1) is 11.2. The Hall–Kier alpha value is -2.67. The summed E-state index contributed by atoms with van der Waals surface area (Å²) in [6.45, 7) is 3.17. The van der Waals surface area contributed by atoms with Gasteiger partial charge in [0.05, 0.1) is 18.2 Å². The highest BCUT2D eigenvalue weighted by Crippen LogP contribution is 2.22. The average Bonchev–Trinajstić information content (AvgIpc) is 2.92. The molecule has 3 aromatic rings. The fourth-order valence-corrected chi connectivity index (χ4v) is 2.41. The second kappa shape index (κ2) is 6.62. The standard InChI is InChI=1S/C16H20N6O/c1-11-4-3-5-12(8-11)9-18-14-13-10-19-22(2)15(13)21-16(20-14)17-6-7-23/h3-5,8,10,23H,6-7,9H2,1-2H3,(H2,17,18,20,21). The smallest absolute Gasteiger partial charge is 0.226 e. The van der Waals surface area contributed by atoms with E-state index in [2.05, 4.69) is 50.8 Å². The Morgan fingerprint density at radius 1 is 1.22 bits per heavy atom. The van der Waals surface area contributed by atoms with E-state index in [4.69, 9.17) is 5.11 Å². The molecular formula is C16H20N6O. The number of aliphatic hydroxyl groups excluding tert-OH is 1. The van der Waals surface area contributed by atoms with Crippen LogP contribution in [0, 0.1) is 6.92 Å². The molecule has 120 valence electrons. The number of nitrogens with zero attached hydrogens (tertiary/aromatic N) is 4. The van der Waals surface area contributed by atoms with Crippen molar-refractivity contribution in [2.45, 2.75) is 13.5 Å². The minimum absolute atomic E-state index is 0.0266. The molecule has 0 unspecified atom stereocenters. The van der Waals surface area contributed by atoms with Gasteiger partial charge in [-0.05, 0) is 12.5 Å². The number of aliphatic hydroxyl groups is 1. The molecular weight excluding hydrogens is 292 g/mol. The van der Waals surface area contributed by atoms with Crippen molar-refractivity contribution in [2.24, 2.45) is 7.05 Å². The van der Waals surface area contributed by atoms with Crippen molar-refractivity contribution in [1.29, 1.82) is 0 Å². The van der Waals surface area contributed by atoms with Gasteiger partial charge in [-0.2, -0.15) is 15.1 Å². The van der Waals surface area contributed by atoms with Crippen LogP contribution in [0.15, 0.2) is 30.5 Å². The summed E-state index contributed by atoms with van der Waals surface area (Å²) in [7, 11) is 1.84. The largest absolute Gasteiger partial charge is 0.395 e. The molecule has 0 bridgehead atoms. The van der Waals surface area contributed by atoms with Crippen LogP contribution in [0.25, 0.3) is 11.0 Å². The topological polar surface area (TPSA) is 87.9 Å². The molecule has 0 radical (unpaired) electrons. The SMILES string of the molecule is Cc1cccc(CNc2nc(NCCO)nc3c2cnn3C)c1. The molecule has 1 aromatic carbocycles. The van der Waals surface area contributed by atoms with Crippen LogP contribution in [0.4, 0.5) is 11.8 Å². The second-order valence-electron chi connectivity index (χ2n) is 5.39. The molecule has 0 aliphatic heterocycles. The molecule has 0 spiro atoms. The maximum atomic E-state index is 8.95. The maximum Gasteiger partial charge on any atom is 0.226 e. The van der Waals surface area contributed by atoms with E-state index in [1.54, 1.807) is 10.9 Å². The predicted octanol–water partition coefficient (Wildman–Crippen LogP) is 1.69. The summed E-state index contributed by atoms with van der Waals surface area (Å²) in [6.07, 6.45) is 1.75. The zero-order chi connectivity index (χ0) is 16.2. The molecule has 7 heteroatoms. The fraction of sp³-hybridized carbons (Fsp3) is 0.312. The van der Waals surface area contributed by atoms with Crippen molar-refractivity contribution in [2.75, 3.05) is 23.8 Å². The van der Waals surface area contributed by atoms with Gasteiger partial charge in [0, 0.05) is 20.1 Å². The Morgan fingerprint density at radius 2 is 2.09 bits per heavy atom. The number of aromatic nitrogens is 4. The molecule has 0 saturated heterocycles. The maximum absolute atomic E-state index is 8.95. The molecule has 0 atom stereocenters. The molecule has 23 heavy (non-hydrogen) atoms. The molecule has 2 heterocycles. The van der Waals surface area contributed by atoms with Gasteiger partial charge in [0.15, 0.2) is 5.65 Å². The van der Waals surface area contributed by atoms with E-state index in [0.717, 1.165) is 16.9 Å². The van der Waals surface area contributed by atoms with E-state index in [1.807, 2.05) is 13.1 Å². The van der Waals surface area contributed by atoms with E-state index in [1.165, 1.54) is 11.1 Å². The molecule has 7 nitrogen and oxygen atoms in total. The van der Waals surface area contributed by atoms with E-state index >= 15 is 0 Å². The summed E-state index contributed by atoms with van der Waals surface area (Å²) in [4.78, 5) is 8.92. The first-order valence-corrected chi connectivity index (χ1v) is 7.51. The van der Waals surface area contributed by atoms with Crippen molar-refractivity contribution >= 4 is 22.8 Å². The van der Waals surface area contributed by atoms with Crippen LogP contribution >= 0.6 is 0 Å². The third-order valence-corrected chi connectivity index (χ3v) is 3.53. The molecule has 0 saturated carbocycles. The van der Waals surface area contributed by atoms with Crippen molar-refractivity contribution < 1.29 is 5.11 Å². The zero-order valence-electron chi connectivity index (χ0n) is 13.2. The van der Waals surface area contributed by atoms with E-state index in [-0.39, 0.29) is 6.61 Å². The third kappa shape index (κ3) is 3.40. The van der Waals surface area contributed by atoms with Gasteiger partial charge in [0.25, 0.3) is 0 Å². The molecule has 2 aromatic heterocycles. The van der Waals surface area contributed by atoms with Gasteiger partial charge in [-0.3, -0.25) is 4.68 Å². The molecule has 3 N–H and O–H groups in total. The second-order valence-corrected chi connectivity index (χ2v) is 5.39. The Labute approximate surface area is 134 Å². The highest BCUT2D eigenvalue weighted by molar-refractivity contribution is 5.87. The van der Waals surface area contributed by atoms with E-state index < -0.39 is 0 Å². The Balaban J connectivity index is 1.88. The Kier molecular flexibility index (Phi) is 4.38. The van der Waals surface area contributed by atoms with Crippen molar-refractivity contribution in [1.82, 2.24) is 19.7 Å². The summed E-state index contributed by atoms with van der Waals surface area (Å²) < 4.78 is 1.71. The first kappa shape index (κ1) is 15.2. The van der Waals surface area contributed by atoms with Crippen LogP contribution in [-0.4, -0.2) is 38.0 Å². The van der Waals surface area contributed by atoms with Crippen LogP contribution in [-0.2, 0) is 13.6 Å². The van der Waals surface area contributed by atoms with Crippen LogP contribution in [0.2, 0.25) is 0 Å². The number of benzene rings is 1. The number of rotatable bonds is 6. The predicted molar refractivity (Wildman–Crippen MR) is 90.4 cm³/mol. The minimum Gasteiger partial charge on any atom is -0.395 e. The summed E-state index contributed by atoms with van der Waals surface area (Å²) in [5.41, 5.74) is 3.15. The number of hydrogen-bond acceptors (Lipinski definition) is 6. The average molecular weight is 312 g/mol. The number of hydrogen-bond donors (Lipinski definition) is 3. The van der Waals surface area contributed by atoms with Gasteiger partial charge in [0.2, 0.25) is 5.95 Å². The normalized spacial score (nSPS) is 10.9. The monoisotopic (exact) mass is 312 g/mol.